The maximum absolute atomic E-state index is 12.8. The third kappa shape index (κ3) is 5.21. The van der Waals surface area contributed by atoms with E-state index in [1.54, 1.807) is 38.1 Å². The summed E-state index contributed by atoms with van der Waals surface area (Å²) in [5, 5.41) is 5.04. The van der Waals surface area contributed by atoms with Gasteiger partial charge in [0.2, 0.25) is 11.8 Å². The minimum absolute atomic E-state index is 0.0103. The van der Waals surface area contributed by atoms with Crippen molar-refractivity contribution in [2.24, 2.45) is 0 Å². The summed E-state index contributed by atoms with van der Waals surface area (Å²) in [7, 11) is -3.77. The molecule has 31 heavy (non-hydrogen) atoms. The number of hydrogen-bond donors (Lipinski definition) is 3. The van der Waals surface area contributed by atoms with Gasteiger partial charge >= 0.3 is 6.03 Å². The Bertz CT molecular complexity index is 1100. The zero-order valence-electron chi connectivity index (χ0n) is 17.5. The largest absolute Gasteiger partial charge is 0.329 e. The standard InChI is InChI=1S/C21H24N4O5S/c1-13-10-14(2)20(15(3)11-13)31(29,30)24-17-6-4-16(5-7-17)23-18(26)8-9-25-19(27)12-22-21(25)28/h4-7,10-11,24H,8-9,12H2,1-3H3,(H,22,28)(H,23,26). The number of nitrogens with one attached hydrogen (secondary N) is 3. The normalized spacial score (nSPS) is 13.8. The Morgan fingerprint density at radius 1 is 1.03 bits per heavy atom. The number of anilines is 2. The SMILES string of the molecule is Cc1cc(C)c(S(=O)(=O)Nc2ccc(NC(=O)CCN3C(=O)CNC3=O)cc2)c(C)c1. The summed E-state index contributed by atoms with van der Waals surface area (Å²) in [5.74, 6) is -0.736. The number of imide groups is 1. The molecule has 0 bridgehead atoms. The highest BCUT2D eigenvalue weighted by Crippen LogP contribution is 2.25. The van der Waals surface area contributed by atoms with Gasteiger partial charge in [-0.1, -0.05) is 17.7 Å². The van der Waals surface area contributed by atoms with Crippen molar-refractivity contribution >= 4 is 39.2 Å². The molecular formula is C21H24N4O5S. The molecule has 2 aromatic carbocycles. The van der Waals surface area contributed by atoms with Crippen LogP contribution in [-0.2, 0) is 19.6 Å². The van der Waals surface area contributed by atoms with E-state index in [-0.39, 0.29) is 36.2 Å². The van der Waals surface area contributed by atoms with E-state index in [4.69, 9.17) is 0 Å². The lowest BCUT2D eigenvalue weighted by Crippen LogP contribution is -2.33. The number of hydrogen-bond acceptors (Lipinski definition) is 5. The number of benzene rings is 2. The number of amides is 4. The second-order valence-corrected chi connectivity index (χ2v) is 9.03. The van der Waals surface area contributed by atoms with Gasteiger partial charge in [0.15, 0.2) is 0 Å². The van der Waals surface area contributed by atoms with Crippen LogP contribution in [0.4, 0.5) is 16.2 Å². The zero-order valence-corrected chi connectivity index (χ0v) is 18.3. The van der Waals surface area contributed by atoms with Crippen LogP contribution in [0.5, 0.6) is 0 Å². The van der Waals surface area contributed by atoms with Crippen molar-refractivity contribution in [1.29, 1.82) is 0 Å². The summed E-state index contributed by atoms with van der Waals surface area (Å²) < 4.78 is 28.2. The second kappa shape index (κ2) is 8.76. The van der Waals surface area contributed by atoms with Gasteiger partial charge < -0.3 is 10.6 Å². The van der Waals surface area contributed by atoms with Gasteiger partial charge in [-0.05, 0) is 56.2 Å². The van der Waals surface area contributed by atoms with Gasteiger partial charge in [-0.15, -0.1) is 0 Å². The highest BCUT2D eigenvalue weighted by atomic mass is 32.2. The van der Waals surface area contributed by atoms with Crippen LogP contribution in [0, 0.1) is 20.8 Å². The Hall–Kier alpha value is -3.40. The van der Waals surface area contributed by atoms with Crippen LogP contribution < -0.4 is 15.4 Å². The van der Waals surface area contributed by atoms with E-state index in [9.17, 15) is 22.8 Å². The number of urea groups is 1. The van der Waals surface area contributed by atoms with Gasteiger partial charge in [0.1, 0.15) is 0 Å². The topological polar surface area (TPSA) is 125 Å². The Morgan fingerprint density at radius 3 is 2.16 bits per heavy atom. The number of carbonyl (C=O) groups excluding carboxylic acids is 3. The summed E-state index contributed by atoms with van der Waals surface area (Å²) >= 11 is 0. The maximum atomic E-state index is 12.8. The van der Waals surface area contributed by atoms with E-state index < -0.39 is 16.1 Å². The number of rotatable bonds is 7. The van der Waals surface area contributed by atoms with Gasteiger partial charge in [0.25, 0.3) is 10.0 Å². The first-order valence-electron chi connectivity index (χ1n) is 9.65. The smallest absolute Gasteiger partial charge is 0.324 e. The average molecular weight is 445 g/mol. The predicted octanol–water partition coefficient (Wildman–Crippen LogP) is 2.29. The first-order chi connectivity index (χ1) is 14.6. The fourth-order valence-electron chi connectivity index (χ4n) is 3.54. The maximum Gasteiger partial charge on any atom is 0.324 e. The molecule has 0 aliphatic carbocycles. The molecule has 164 valence electrons. The van der Waals surface area contributed by atoms with Crippen LogP contribution in [0.3, 0.4) is 0 Å². The van der Waals surface area contributed by atoms with E-state index >= 15 is 0 Å². The third-order valence-corrected chi connectivity index (χ3v) is 6.48. The molecule has 0 unspecified atom stereocenters. The Labute approximate surface area is 180 Å². The van der Waals surface area contributed by atoms with Crippen LogP contribution >= 0.6 is 0 Å². The molecule has 2 aromatic rings. The van der Waals surface area contributed by atoms with E-state index in [0.717, 1.165) is 10.5 Å². The Balaban J connectivity index is 1.62. The minimum Gasteiger partial charge on any atom is -0.329 e. The molecule has 0 aromatic heterocycles. The molecule has 4 amide bonds. The number of aryl methyl sites for hydroxylation is 3. The summed E-state index contributed by atoms with van der Waals surface area (Å²) in [6.45, 7) is 5.36. The lowest BCUT2D eigenvalue weighted by atomic mass is 10.1. The van der Waals surface area contributed by atoms with Crippen LogP contribution in [0.15, 0.2) is 41.3 Å². The summed E-state index contributed by atoms with van der Waals surface area (Å²) in [5.41, 5.74) is 3.14. The van der Waals surface area contributed by atoms with Crippen LogP contribution in [0.2, 0.25) is 0 Å². The molecule has 1 heterocycles. The lowest BCUT2D eigenvalue weighted by molar-refractivity contribution is -0.125. The molecule has 3 rings (SSSR count). The molecular weight excluding hydrogens is 420 g/mol. The number of carbonyl (C=O) groups is 3. The van der Waals surface area contributed by atoms with Crippen LogP contribution in [-0.4, -0.2) is 44.3 Å². The highest BCUT2D eigenvalue weighted by molar-refractivity contribution is 7.92. The van der Waals surface area contributed by atoms with Gasteiger partial charge in [-0.3, -0.25) is 19.2 Å². The molecule has 0 radical (unpaired) electrons. The van der Waals surface area contributed by atoms with Gasteiger partial charge in [-0.25, -0.2) is 13.2 Å². The summed E-state index contributed by atoms with van der Waals surface area (Å²) in [6.07, 6.45) is -0.0421. The zero-order chi connectivity index (χ0) is 22.8. The quantitative estimate of drug-likeness (QED) is 0.565. The van der Waals surface area contributed by atoms with E-state index in [2.05, 4.69) is 15.4 Å². The summed E-state index contributed by atoms with van der Waals surface area (Å²) in [6, 6.07) is 9.36. The van der Waals surface area contributed by atoms with Gasteiger partial charge in [0.05, 0.1) is 11.4 Å². The van der Waals surface area contributed by atoms with Crippen molar-refractivity contribution in [3.63, 3.8) is 0 Å². The lowest BCUT2D eigenvalue weighted by Gasteiger charge is -2.14. The highest BCUT2D eigenvalue weighted by Gasteiger charge is 2.28. The summed E-state index contributed by atoms with van der Waals surface area (Å²) in [4.78, 5) is 36.3. The molecule has 0 saturated carbocycles. The first kappa shape index (κ1) is 22.3. The molecule has 1 saturated heterocycles. The van der Waals surface area contributed by atoms with E-state index in [0.29, 0.717) is 22.5 Å². The number of nitrogens with zero attached hydrogens (tertiary/aromatic N) is 1. The number of sulfonamides is 1. The second-order valence-electron chi connectivity index (χ2n) is 7.41. The molecule has 3 N–H and O–H groups in total. The van der Waals surface area contributed by atoms with Crippen molar-refractivity contribution in [3.8, 4) is 0 Å². The fourth-order valence-corrected chi connectivity index (χ4v) is 5.05. The third-order valence-electron chi connectivity index (χ3n) is 4.79. The Kier molecular flexibility index (Phi) is 6.30. The van der Waals surface area contributed by atoms with Crippen molar-refractivity contribution < 1.29 is 22.8 Å². The minimum atomic E-state index is -3.77. The van der Waals surface area contributed by atoms with Crippen molar-refractivity contribution in [1.82, 2.24) is 10.2 Å². The van der Waals surface area contributed by atoms with E-state index in [1.165, 1.54) is 0 Å². The van der Waals surface area contributed by atoms with Gasteiger partial charge in [-0.2, -0.15) is 0 Å². The van der Waals surface area contributed by atoms with Crippen molar-refractivity contribution in [3.05, 3.63) is 53.1 Å². The Morgan fingerprint density at radius 2 is 1.61 bits per heavy atom. The molecule has 1 aliphatic heterocycles. The van der Waals surface area contributed by atoms with Crippen LogP contribution in [0.25, 0.3) is 0 Å². The first-order valence-corrected chi connectivity index (χ1v) is 11.1. The molecule has 1 fully saturated rings. The fraction of sp³-hybridized carbons (Fsp3) is 0.286. The van der Waals surface area contributed by atoms with E-state index in [1.807, 2.05) is 19.1 Å². The van der Waals surface area contributed by atoms with Crippen molar-refractivity contribution in [2.75, 3.05) is 23.1 Å². The molecule has 1 aliphatic rings. The molecule has 9 nitrogen and oxygen atoms in total. The molecule has 0 spiro atoms. The predicted molar refractivity (Wildman–Crippen MR) is 116 cm³/mol. The average Bonchev–Trinajstić information content (AvgIpc) is 2.98. The van der Waals surface area contributed by atoms with Gasteiger partial charge in [0, 0.05) is 24.3 Å². The molecule has 10 heteroatoms. The van der Waals surface area contributed by atoms with Crippen LogP contribution in [0.1, 0.15) is 23.1 Å². The van der Waals surface area contributed by atoms with Crippen molar-refractivity contribution in [2.45, 2.75) is 32.1 Å². The monoisotopic (exact) mass is 444 g/mol. The molecule has 0 atom stereocenters.